The van der Waals surface area contributed by atoms with Crippen LogP contribution in [0.4, 0.5) is 0 Å². The summed E-state index contributed by atoms with van der Waals surface area (Å²) in [5, 5.41) is 1.10. The highest BCUT2D eigenvalue weighted by Crippen LogP contribution is 2.20. The smallest absolute Gasteiger partial charge is 0.158 e. The number of pyridine rings is 1. The summed E-state index contributed by atoms with van der Waals surface area (Å²) in [5.41, 5.74) is 2.35. The second-order valence-electron chi connectivity index (χ2n) is 4.29. The molecule has 0 saturated carbocycles. The molecule has 94 valence electrons. The van der Waals surface area contributed by atoms with E-state index in [4.69, 9.17) is 9.47 Å². The van der Waals surface area contributed by atoms with Gasteiger partial charge in [0.1, 0.15) is 0 Å². The first-order chi connectivity index (χ1) is 8.24. The van der Waals surface area contributed by atoms with E-state index in [1.165, 1.54) is 5.56 Å². The number of nitrogens with zero attached hydrogens (tertiary/aromatic N) is 1. The Balaban J connectivity index is 1.77. The quantitative estimate of drug-likeness (QED) is 0.772. The normalized spacial score (nSPS) is 17.3. The van der Waals surface area contributed by atoms with Gasteiger partial charge in [-0.25, -0.2) is 4.98 Å². The van der Waals surface area contributed by atoms with Crippen molar-refractivity contribution in [2.45, 2.75) is 38.0 Å². The van der Waals surface area contributed by atoms with Gasteiger partial charge in [-0.15, -0.1) is 11.8 Å². The maximum atomic E-state index is 5.51. The zero-order valence-corrected chi connectivity index (χ0v) is 11.3. The number of aryl methyl sites for hydroxylation is 2. The second kappa shape index (κ2) is 6.38. The summed E-state index contributed by atoms with van der Waals surface area (Å²) >= 11 is 1.77. The lowest BCUT2D eigenvalue weighted by Gasteiger charge is -2.22. The van der Waals surface area contributed by atoms with Gasteiger partial charge in [0.15, 0.2) is 6.29 Å². The molecular formula is C13H19NO2S. The highest BCUT2D eigenvalue weighted by molar-refractivity contribution is 7.99. The molecule has 4 heteroatoms. The van der Waals surface area contributed by atoms with Crippen molar-refractivity contribution >= 4 is 11.8 Å². The van der Waals surface area contributed by atoms with Gasteiger partial charge in [-0.05, 0) is 38.0 Å². The molecule has 2 rings (SSSR count). The number of ether oxygens (including phenoxy) is 2. The molecular weight excluding hydrogens is 234 g/mol. The molecule has 1 saturated heterocycles. The van der Waals surface area contributed by atoms with Gasteiger partial charge in [-0.2, -0.15) is 0 Å². The molecule has 1 aromatic rings. The zero-order chi connectivity index (χ0) is 12.1. The summed E-state index contributed by atoms with van der Waals surface area (Å²) in [7, 11) is 0. The van der Waals surface area contributed by atoms with E-state index < -0.39 is 0 Å². The first-order valence-electron chi connectivity index (χ1n) is 6.05. The molecule has 1 fully saturated rings. The van der Waals surface area contributed by atoms with Crippen LogP contribution < -0.4 is 0 Å². The van der Waals surface area contributed by atoms with Gasteiger partial charge < -0.3 is 9.47 Å². The summed E-state index contributed by atoms with van der Waals surface area (Å²) in [5.74, 6) is 0.987. The van der Waals surface area contributed by atoms with E-state index in [-0.39, 0.29) is 6.29 Å². The van der Waals surface area contributed by atoms with Crippen molar-refractivity contribution in [3.63, 3.8) is 0 Å². The van der Waals surface area contributed by atoms with Crippen molar-refractivity contribution in [2.75, 3.05) is 19.0 Å². The predicted octanol–water partition coefficient (Wildman–Crippen LogP) is 2.94. The lowest BCUT2D eigenvalue weighted by molar-refractivity contribution is -0.178. The third-order valence-electron chi connectivity index (χ3n) is 2.57. The number of thioether (sulfide) groups is 1. The Kier molecular flexibility index (Phi) is 4.83. The lowest BCUT2D eigenvalue weighted by atomic mass is 10.3. The first kappa shape index (κ1) is 12.9. The fourth-order valence-corrected chi connectivity index (χ4v) is 2.84. The van der Waals surface area contributed by atoms with Crippen LogP contribution in [0.5, 0.6) is 0 Å². The van der Waals surface area contributed by atoms with Crippen LogP contribution in [-0.2, 0) is 9.47 Å². The number of aromatic nitrogens is 1. The maximum absolute atomic E-state index is 5.51. The molecule has 3 nitrogen and oxygen atoms in total. The summed E-state index contributed by atoms with van der Waals surface area (Å²) in [4.78, 5) is 4.50. The van der Waals surface area contributed by atoms with Crippen LogP contribution in [0.3, 0.4) is 0 Å². The Bertz CT molecular complexity index is 344. The third-order valence-corrected chi connectivity index (χ3v) is 3.52. The van der Waals surface area contributed by atoms with Gasteiger partial charge in [0, 0.05) is 17.9 Å². The van der Waals surface area contributed by atoms with E-state index in [1.54, 1.807) is 11.8 Å². The molecule has 0 N–H and O–H groups in total. The Morgan fingerprint density at radius 3 is 2.76 bits per heavy atom. The van der Waals surface area contributed by atoms with E-state index in [0.717, 1.165) is 42.5 Å². The lowest BCUT2D eigenvalue weighted by Crippen LogP contribution is -2.25. The van der Waals surface area contributed by atoms with Crippen LogP contribution in [0.15, 0.2) is 17.2 Å². The van der Waals surface area contributed by atoms with E-state index >= 15 is 0 Å². The van der Waals surface area contributed by atoms with Crippen LogP contribution in [0.1, 0.15) is 24.1 Å². The van der Waals surface area contributed by atoms with Crippen molar-refractivity contribution in [3.05, 3.63) is 23.4 Å². The maximum Gasteiger partial charge on any atom is 0.158 e. The van der Waals surface area contributed by atoms with Gasteiger partial charge >= 0.3 is 0 Å². The summed E-state index contributed by atoms with van der Waals surface area (Å²) < 4.78 is 11.0. The minimum Gasteiger partial charge on any atom is -0.353 e. The van der Waals surface area contributed by atoms with Crippen molar-refractivity contribution in [1.29, 1.82) is 0 Å². The largest absolute Gasteiger partial charge is 0.353 e. The van der Waals surface area contributed by atoms with E-state index in [1.807, 2.05) is 6.92 Å². The number of hydrogen-bond donors (Lipinski definition) is 0. The average molecular weight is 253 g/mol. The molecule has 0 atom stereocenters. The topological polar surface area (TPSA) is 31.4 Å². The molecule has 17 heavy (non-hydrogen) atoms. The Morgan fingerprint density at radius 2 is 2.06 bits per heavy atom. The predicted molar refractivity (Wildman–Crippen MR) is 69.4 cm³/mol. The van der Waals surface area contributed by atoms with E-state index in [9.17, 15) is 0 Å². The molecule has 0 radical (unpaired) electrons. The van der Waals surface area contributed by atoms with Gasteiger partial charge in [0.25, 0.3) is 0 Å². The highest BCUT2D eigenvalue weighted by Gasteiger charge is 2.13. The minimum absolute atomic E-state index is 0.0119. The fraction of sp³-hybridized carbons (Fsp3) is 0.615. The molecule has 0 aromatic carbocycles. The molecule has 0 aliphatic carbocycles. The Labute approximate surface area is 107 Å². The molecule has 0 spiro atoms. The zero-order valence-electron chi connectivity index (χ0n) is 10.4. The molecule has 1 aliphatic heterocycles. The Morgan fingerprint density at radius 1 is 1.29 bits per heavy atom. The van der Waals surface area contributed by atoms with Crippen molar-refractivity contribution in [2.24, 2.45) is 0 Å². The third kappa shape index (κ3) is 4.30. The first-order valence-corrected chi connectivity index (χ1v) is 7.04. The molecule has 0 amide bonds. The van der Waals surface area contributed by atoms with Crippen LogP contribution >= 0.6 is 11.8 Å². The van der Waals surface area contributed by atoms with Gasteiger partial charge in [0.05, 0.1) is 18.2 Å². The van der Waals surface area contributed by atoms with Crippen LogP contribution in [0, 0.1) is 13.8 Å². The molecule has 1 aliphatic rings. The summed E-state index contributed by atoms with van der Waals surface area (Å²) in [6, 6.07) is 4.22. The van der Waals surface area contributed by atoms with E-state index in [2.05, 4.69) is 24.0 Å². The average Bonchev–Trinajstić information content (AvgIpc) is 2.29. The monoisotopic (exact) mass is 253 g/mol. The second-order valence-corrected chi connectivity index (χ2v) is 5.40. The molecule has 0 bridgehead atoms. The standard InChI is InChI=1S/C13H19NO2S/c1-10-8-11(2)14-12(9-10)17-7-4-13-15-5-3-6-16-13/h8-9,13H,3-7H2,1-2H3. The highest BCUT2D eigenvalue weighted by atomic mass is 32.2. The van der Waals surface area contributed by atoms with Crippen LogP contribution in [0.25, 0.3) is 0 Å². The van der Waals surface area contributed by atoms with Crippen molar-refractivity contribution < 1.29 is 9.47 Å². The molecule has 1 aromatic heterocycles. The minimum atomic E-state index is -0.0119. The van der Waals surface area contributed by atoms with Crippen LogP contribution in [-0.4, -0.2) is 30.2 Å². The van der Waals surface area contributed by atoms with Crippen LogP contribution in [0.2, 0.25) is 0 Å². The SMILES string of the molecule is Cc1cc(C)nc(SCCC2OCCCO2)c1. The van der Waals surface area contributed by atoms with Gasteiger partial charge in [-0.3, -0.25) is 0 Å². The number of rotatable bonds is 4. The molecule has 2 heterocycles. The summed E-state index contributed by atoms with van der Waals surface area (Å²) in [6.07, 6.45) is 1.93. The fourth-order valence-electron chi connectivity index (χ4n) is 1.84. The van der Waals surface area contributed by atoms with Gasteiger partial charge in [-0.1, -0.05) is 0 Å². The van der Waals surface area contributed by atoms with E-state index in [0.29, 0.717) is 0 Å². The van der Waals surface area contributed by atoms with Gasteiger partial charge in [0.2, 0.25) is 0 Å². The molecule has 0 unspecified atom stereocenters. The van der Waals surface area contributed by atoms with Crippen molar-refractivity contribution in [1.82, 2.24) is 4.98 Å². The summed E-state index contributed by atoms with van der Waals surface area (Å²) in [6.45, 7) is 5.80. The number of hydrogen-bond acceptors (Lipinski definition) is 4. The van der Waals surface area contributed by atoms with Crippen molar-refractivity contribution in [3.8, 4) is 0 Å². The Hall–Kier alpha value is -0.580.